The molecule has 0 aliphatic carbocycles. The van der Waals surface area contributed by atoms with Crippen molar-refractivity contribution < 1.29 is 32.1 Å². The molecule has 10 nitrogen and oxygen atoms in total. The fraction of sp³-hybridized carbons (Fsp3) is 0.222. The molecule has 0 atom stereocenters. The number of nitro groups is 1. The summed E-state index contributed by atoms with van der Waals surface area (Å²) in [5.74, 6) is -2.50. The van der Waals surface area contributed by atoms with Crippen molar-refractivity contribution in [1.82, 2.24) is 4.72 Å². The SMILES string of the molecule is Cc1ccc([N+](=O)[O-])c(NC(=O)COC(=O)CNS(=O)(=O)c2ccc(F)cc2)c1C. The van der Waals surface area contributed by atoms with Crippen LogP contribution in [0.1, 0.15) is 11.1 Å². The normalized spacial score (nSPS) is 11.0. The standard InChI is InChI=1S/C18H18FN3O7S/c1-11-3-8-15(22(25)26)18(12(11)2)21-16(23)10-29-17(24)9-20-30(27,28)14-6-4-13(19)5-7-14/h3-8,20H,9-10H2,1-2H3,(H,21,23). The Bertz CT molecular complexity index is 1090. The fourth-order valence-electron chi connectivity index (χ4n) is 2.34. The highest BCUT2D eigenvalue weighted by Crippen LogP contribution is 2.30. The summed E-state index contributed by atoms with van der Waals surface area (Å²) in [4.78, 5) is 34.0. The van der Waals surface area contributed by atoms with Crippen LogP contribution in [0.2, 0.25) is 0 Å². The van der Waals surface area contributed by atoms with E-state index in [-0.39, 0.29) is 16.3 Å². The van der Waals surface area contributed by atoms with Crippen molar-refractivity contribution >= 4 is 33.3 Å². The van der Waals surface area contributed by atoms with E-state index in [0.29, 0.717) is 11.1 Å². The number of hydrogen-bond acceptors (Lipinski definition) is 7. The molecule has 1 amide bonds. The highest BCUT2D eigenvalue weighted by atomic mass is 32.2. The Labute approximate surface area is 171 Å². The minimum Gasteiger partial charge on any atom is -0.455 e. The van der Waals surface area contributed by atoms with Crippen LogP contribution < -0.4 is 10.0 Å². The number of amides is 1. The van der Waals surface area contributed by atoms with Gasteiger partial charge in [-0.05, 0) is 49.2 Å². The third kappa shape index (κ3) is 5.81. The predicted octanol–water partition coefficient (Wildman–Crippen LogP) is 1.81. The smallest absolute Gasteiger partial charge is 0.321 e. The number of carbonyl (C=O) groups excluding carboxylic acids is 2. The van der Waals surface area contributed by atoms with E-state index in [1.165, 1.54) is 12.1 Å². The molecule has 160 valence electrons. The predicted molar refractivity (Wildman–Crippen MR) is 104 cm³/mol. The Morgan fingerprint density at radius 1 is 1.13 bits per heavy atom. The molecule has 0 bridgehead atoms. The number of esters is 1. The summed E-state index contributed by atoms with van der Waals surface area (Å²) in [7, 11) is -4.08. The van der Waals surface area contributed by atoms with Gasteiger partial charge in [-0.1, -0.05) is 6.07 Å². The van der Waals surface area contributed by atoms with Crippen LogP contribution in [0.25, 0.3) is 0 Å². The Morgan fingerprint density at radius 2 is 1.77 bits per heavy atom. The molecule has 2 N–H and O–H groups in total. The first kappa shape index (κ1) is 22.9. The zero-order valence-electron chi connectivity index (χ0n) is 16.0. The Kier molecular flexibility index (Phi) is 7.19. The maximum Gasteiger partial charge on any atom is 0.321 e. The zero-order valence-corrected chi connectivity index (χ0v) is 16.8. The quantitative estimate of drug-likeness (QED) is 0.362. The molecule has 0 aliphatic heterocycles. The van der Waals surface area contributed by atoms with Crippen LogP contribution >= 0.6 is 0 Å². The van der Waals surface area contributed by atoms with E-state index >= 15 is 0 Å². The molecule has 2 rings (SSSR count). The van der Waals surface area contributed by atoms with Crippen molar-refractivity contribution in [3.05, 3.63) is 63.5 Å². The first-order valence-electron chi connectivity index (χ1n) is 8.46. The summed E-state index contributed by atoms with van der Waals surface area (Å²) >= 11 is 0. The van der Waals surface area contributed by atoms with Crippen molar-refractivity contribution in [2.45, 2.75) is 18.7 Å². The maximum atomic E-state index is 12.9. The van der Waals surface area contributed by atoms with E-state index in [4.69, 9.17) is 0 Å². The molecule has 0 radical (unpaired) electrons. The minimum absolute atomic E-state index is 0.0157. The van der Waals surface area contributed by atoms with Gasteiger partial charge in [0.05, 0.1) is 9.82 Å². The van der Waals surface area contributed by atoms with Crippen molar-refractivity contribution in [2.75, 3.05) is 18.5 Å². The Balaban J connectivity index is 1.93. The number of hydrogen-bond donors (Lipinski definition) is 2. The molecule has 2 aromatic carbocycles. The van der Waals surface area contributed by atoms with Gasteiger partial charge in [0.15, 0.2) is 6.61 Å². The first-order valence-corrected chi connectivity index (χ1v) is 9.95. The van der Waals surface area contributed by atoms with Crippen LogP contribution in [-0.2, 0) is 24.3 Å². The lowest BCUT2D eigenvalue weighted by Gasteiger charge is -2.11. The molecule has 0 spiro atoms. The molecule has 0 unspecified atom stereocenters. The van der Waals surface area contributed by atoms with Gasteiger partial charge in [-0.3, -0.25) is 19.7 Å². The topological polar surface area (TPSA) is 145 Å². The second kappa shape index (κ2) is 9.41. The number of carbonyl (C=O) groups is 2. The van der Waals surface area contributed by atoms with Gasteiger partial charge in [-0.25, -0.2) is 12.8 Å². The van der Waals surface area contributed by atoms with Crippen LogP contribution in [0, 0.1) is 29.8 Å². The van der Waals surface area contributed by atoms with Gasteiger partial charge in [0.2, 0.25) is 10.0 Å². The number of nitro benzene ring substituents is 1. The number of sulfonamides is 1. The number of benzene rings is 2. The molecule has 0 aromatic heterocycles. The maximum absolute atomic E-state index is 12.9. The number of nitrogens with one attached hydrogen (secondary N) is 2. The third-order valence-corrected chi connectivity index (χ3v) is 5.49. The molecule has 0 aliphatic rings. The summed E-state index contributed by atoms with van der Waals surface area (Å²) in [6.45, 7) is 1.76. The number of nitrogens with zero attached hydrogens (tertiary/aromatic N) is 1. The van der Waals surface area contributed by atoms with Gasteiger partial charge in [0.25, 0.3) is 11.6 Å². The van der Waals surface area contributed by atoms with Crippen LogP contribution in [-0.4, -0.2) is 38.4 Å². The molecule has 2 aromatic rings. The number of rotatable bonds is 8. The van der Waals surface area contributed by atoms with Crippen LogP contribution in [0.4, 0.5) is 15.8 Å². The van der Waals surface area contributed by atoms with E-state index in [1.54, 1.807) is 13.8 Å². The zero-order chi connectivity index (χ0) is 22.5. The third-order valence-electron chi connectivity index (χ3n) is 4.07. The van der Waals surface area contributed by atoms with Crippen LogP contribution in [0.3, 0.4) is 0 Å². The molecule has 0 heterocycles. The summed E-state index contributed by atoms with van der Waals surface area (Å²) in [6, 6.07) is 6.72. The van der Waals surface area contributed by atoms with Crippen LogP contribution in [0.15, 0.2) is 41.3 Å². The van der Waals surface area contributed by atoms with Gasteiger partial charge in [0, 0.05) is 6.07 Å². The Hall–Kier alpha value is -3.38. The van der Waals surface area contributed by atoms with Gasteiger partial charge >= 0.3 is 5.97 Å². The molecular weight excluding hydrogens is 421 g/mol. The van der Waals surface area contributed by atoms with Crippen molar-refractivity contribution in [3.8, 4) is 0 Å². The molecule has 12 heteroatoms. The Morgan fingerprint density at radius 3 is 2.37 bits per heavy atom. The molecule has 30 heavy (non-hydrogen) atoms. The van der Waals surface area contributed by atoms with E-state index in [0.717, 1.165) is 24.3 Å². The van der Waals surface area contributed by atoms with E-state index in [1.807, 2.05) is 4.72 Å². The lowest BCUT2D eigenvalue weighted by molar-refractivity contribution is -0.384. The van der Waals surface area contributed by atoms with Gasteiger partial charge in [-0.15, -0.1) is 0 Å². The monoisotopic (exact) mass is 439 g/mol. The minimum atomic E-state index is -4.08. The van der Waals surface area contributed by atoms with Crippen molar-refractivity contribution in [3.63, 3.8) is 0 Å². The number of anilines is 1. The fourth-order valence-corrected chi connectivity index (χ4v) is 3.30. The van der Waals surface area contributed by atoms with Crippen LogP contribution in [0.5, 0.6) is 0 Å². The van der Waals surface area contributed by atoms with E-state index < -0.39 is 45.8 Å². The molecule has 0 fully saturated rings. The number of ether oxygens (including phenoxy) is 1. The second-order valence-corrected chi connectivity index (χ2v) is 7.91. The van der Waals surface area contributed by atoms with Gasteiger partial charge in [0.1, 0.15) is 18.0 Å². The highest BCUT2D eigenvalue weighted by molar-refractivity contribution is 7.89. The summed E-state index contributed by atoms with van der Waals surface area (Å²) < 4.78 is 43.6. The number of aryl methyl sites for hydroxylation is 1. The summed E-state index contributed by atoms with van der Waals surface area (Å²) in [5, 5.41) is 13.5. The average molecular weight is 439 g/mol. The van der Waals surface area contributed by atoms with Gasteiger partial charge < -0.3 is 10.1 Å². The largest absolute Gasteiger partial charge is 0.455 e. The highest BCUT2D eigenvalue weighted by Gasteiger charge is 2.21. The molecular formula is C18H18FN3O7S. The summed E-state index contributed by atoms with van der Waals surface area (Å²) in [5.41, 5.74) is 0.863. The van der Waals surface area contributed by atoms with Crippen molar-refractivity contribution in [2.24, 2.45) is 0 Å². The lowest BCUT2D eigenvalue weighted by Crippen LogP contribution is -2.32. The summed E-state index contributed by atoms with van der Waals surface area (Å²) in [6.07, 6.45) is 0. The second-order valence-electron chi connectivity index (χ2n) is 6.15. The lowest BCUT2D eigenvalue weighted by atomic mass is 10.1. The van der Waals surface area contributed by atoms with Crippen molar-refractivity contribution in [1.29, 1.82) is 0 Å². The van der Waals surface area contributed by atoms with E-state index in [9.17, 15) is 32.5 Å². The molecule has 0 saturated heterocycles. The molecule has 0 saturated carbocycles. The number of halogens is 1. The first-order chi connectivity index (χ1) is 14.0. The van der Waals surface area contributed by atoms with E-state index in [2.05, 4.69) is 10.1 Å². The van der Waals surface area contributed by atoms with Gasteiger partial charge in [-0.2, -0.15) is 4.72 Å². The average Bonchev–Trinajstić information content (AvgIpc) is 2.68.